The molecule has 6 heteroatoms. The van der Waals surface area contributed by atoms with E-state index < -0.39 is 10.0 Å². The number of sulfonamides is 1. The van der Waals surface area contributed by atoms with Crippen molar-refractivity contribution in [1.29, 1.82) is 0 Å². The van der Waals surface area contributed by atoms with E-state index in [-0.39, 0.29) is 12.1 Å². The van der Waals surface area contributed by atoms with Crippen molar-refractivity contribution in [1.82, 2.24) is 9.62 Å². The third-order valence-corrected chi connectivity index (χ3v) is 7.76. The highest BCUT2D eigenvalue weighted by Crippen LogP contribution is 2.33. The van der Waals surface area contributed by atoms with Gasteiger partial charge in [0.1, 0.15) is 0 Å². The molecule has 0 radical (unpaired) electrons. The van der Waals surface area contributed by atoms with E-state index in [0.717, 1.165) is 24.1 Å². The van der Waals surface area contributed by atoms with Gasteiger partial charge in [0.05, 0.1) is 4.90 Å². The maximum atomic E-state index is 13.1. The fraction of sp³-hybridized carbons (Fsp3) is 0.733. The Morgan fingerprint density at radius 3 is 2.52 bits per heavy atom. The summed E-state index contributed by atoms with van der Waals surface area (Å²) < 4.78 is 27.8. The summed E-state index contributed by atoms with van der Waals surface area (Å²) >= 11 is 1.54. The number of thiophene rings is 1. The molecule has 3 rings (SSSR count). The van der Waals surface area contributed by atoms with Gasteiger partial charge >= 0.3 is 0 Å². The summed E-state index contributed by atoms with van der Waals surface area (Å²) in [4.78, 5) is 1.47. The second-order valence-electron chi connectivity index (χ2n) is 6.33. The van der Waals surface area contributed by atoms with Gasteiger partial charge in [-0.25, -0.2) is 8.42 Å². The Hall–Kier alpha value is -0.430. The topological polar surface area (TPSA) is 49.4 Å². The van der Waals surface area contributed by atoms with Crippen LogP contribution in [0.1, 0.15) is 50.8 Å². The van der Waals surface area contributed by atoms with Crippen molar-refractivity contribution < 1.29 is 8.42 Å². The lowest BCUT2D eigenvalue weighted by Gasteiger charge is -2.37. The third kappa shape index (κ3) is 3.18. The van der Waals surface area contributed by atoms with Gasteiger partial charge in [-0.1, -0.05) is 6.42 Å². The van der Waals surface area contributed by atoms with Crippen molar-refractivity contribution in [3.05, 3.63) is 16.3 Å². The van der Waals surface area contributed by atoms with Gasteiger partial charge in [-0.2, -0.15) is 4.31 Å². The maximum absolute atomic E-state index is 13.1. The van der Waals surface area contributed by atoms with E-state index in [9.17, 15) is 8.42 Å². The van der Waals surface area contributed by atoms with Gasteiger partial charge < -0.3 is 5.32 Å². The normalized spacial score (nSPS) is 27.9. The average molecular weight is 329 g/mol. The van der Waals surface area contributed by atoms with Crippen LogP contribution in [0, 0.1) is 0 Å². The Kier molecular flexibility index (Phi) is 4.41. The highest BCUT2D eigenvalue weighted by molar-refractivity contribution is 7.89. The quantitative estimate of drug-likeness (QED) is 0.904. The van der Waals surface area contributed by atoms with E-state index in [1.54, 1.807) is 21.7 Å². The van der Waals surface area contributed by atoms with Gasteiger partial charge in [0.15, 0.2) is 0 Å². The van der Waals surface area contributed by atoms with E-state index in [1.165, 1.54) is 12.8 Å². The zero-order chi connectivity index (χ0) is 15.0. The largest absolute Gasteiger partial charge is 0.309 e. The van der Waals surface area contributed by atoms with Crippen LogP contribution in [0.2, 0.25) is 0 Å². The molecule has 118 valence electrons. The highest BCUT2D eigenvalue weighted by atomic mass is 32.2. The molecule has 0 spiro atoms. The molecule has 4 nitrogen and oxygen atoms in total. The van der Waals surface area contributed by atoms with Gasteiger partial charge in [0.25, 0.3) is 0 Å². The minimum atomic E-state index is -3.37. The smallest absolute Gasteiger partial charge is 0.244 e. The predicted molar refractivity (Wildman–Crippen MR) is 86.0 cm³/mol. The predicted octanol–water partition coefficient (Wildman–Crippen LogP) is 2.95. The second kappa shape index (κ2) is 5.99. The van der Waals surface area contributed by atoms with E-state index in [4.69, 9.17) is 0 Å². The van der Waals surface area contributed by atoms with Crippen LogP contribution in [0.3, 0.4) is 0 Å². The number of nitrogens with one attached hydrogen (secondary N) is 1. The van der Waals surface area contributed by atoms with E-state index in [2.05, 4.69) is 5.32 Å². The molecule has 2 unspecified atom stereocenters. The Morgan fingerprint density at radius 2 is 1.90 bits per heavy atom. The minimum absolute atomic E-state index is 0.0999. The molecule has 1 aromatic heterocycles. The Balaban J connectivity index is 1.84. The zero-order valence-electron chi connectivity index (χ0n) is 12.7. The standard InChI is InChI=1S/C15H24N2O2S2/c1-11-4-3-5-12(2)17(11)21(18,19)15-8-9-20-14(15)10-16-13-6-7-13/h8-9,11-13,16H,3-7,10H2,1-2H3. The molecule has 1 aliphatic heterocycles. The van der Waals surface area contributed by atoms with Crippen LogP contribution in [0.25, 0.3) is 0 Å². The summed E-state index contributed by atoms with van der Waals surface area (Å²) in [5, 5.41) is 5.32. The summed E-state index contributed by atoms with van der Waals surface area (Å²) in [6.07, 6.45) is 5.47. The van der Waals surface area contributed by atoms with Gasteiger partial charge in [-0.15, -0.1) is 11.3 Å². The third-order valence-electron chi connectivity index (χ3n) is 4.50. The summed E-state index contributed by atoms with van der Waals surface area (Å²) in [7, 11) is -3.37. The van der Waals surface area contributed by atoms with Crippen molar-refractivity contribution in [2.24, 2.45) is 0 Å². The molecular formula is C15H24N2O2S2. The van der Waals surface area contributed by atoms with Gasteiger partial charge in [0, 0.05) is 29.5 Å². The number of hydrogen-bond acceptors (Lipinski definition) is 4. The van der Waals surface area contributed by atoms with Crippen molar-refractivity contribution in [3.8, 4) is 0 Å². The van der Waals surface area contributed by atoms with Crippen molar-refractivity contribution in [2.45, 2.75) is 75.5 Å². The van der Waals surface area contributed by atoms with Gasteiger partial charge in [0.2, 0.25) is 10.0 Å². The Morgan fingerprint density at radius 1 is 1.24 bits per heavy atom. The number of rotatable bonds is 5. The molecule has 1 saturated carbocycles. The van der Waals surface area contributed by atoms with Gasteiger partial charge in [-0.05, 0) is 51.0 Å². The van der Waals surface area contributed by atoms with Crippen LogP contribution in [-0.2, 0) is 16.6 Å². The van der Waals surface area contributed by atoms with E-state index in [0.29, 0.717) is 17.5 Å². The minimum Gasteiger partial charge on any atom is -0.309 e. The van der Waals surface area contributed by atoms with Crippen LogP contribution >= 0.6 is 11.3 Å². The highest BCUT2D eigenvalue weighted by Gasteiger charge is 2.37. The first-order valence-electron chi connectivity index (χ1n) is 7.83. The first-order chi connectivity index (χ1) is 10.00. The molecule has 21 heavy (non-hydrogen) atoms. The van der Waals surface area contributed by atoms with Gasteiger partial charge in [-0.3, -0.25) is 0 Å². The van der Waals surface area contributed by atoms with Crippen molar-refractivity contribution in [3.63, 3.8) is 0 Å². The van der Waals surface area contributed by atoms with E-state index in [1.807, 2.05) is 19.2 Å². The molecule has 1 aliphatic carbocycles. The van der Waals surface area contributed by atoms with Crippen molar-refractivity contribution in [2.75, 3.05) is 0 Å². The fourth-order valence-electron chi connectivity index (χ4n) is 3.20. The molecule has 2 atom stereocenters. The Labute approximate surface area is 131 Å². The molecular weight excluding hydrogens is 304 g/mol. The fourth-order valence-corrected chi connectivity index (χ4v) is 6.45. The molecule has 0 aromatic carbocycles. The zero-order valence-corrected chi connectivity index (χ0v) is 14.3. The summed E-state index contributed by atoms with van der Waals surface area (Å²) in [6.45, 7) is 4.73. The number of piperidine rings is 1. The number of nitrogens with zero attached hydrogens (tertiary/aromatic N) is 1. The lowest BCUT2D eigenvalue weighted by atomic mass is 10.0. The molecule has 2 aliphatic rings. The molecule has 0 amide bonds. The van der Waals surface area contributed by atoms with Crippen LogP contribution < -0.4 is 5.32 Å². The molecule has 1 N–H and O–H groups in total. The van der Waals surface area contributed by atoms with Crippen LogP contribution in [0.4, 0.5) is 0 Å². The lowest BCUT2D eigenvalue weighted by Crippen LogP contribution is -2.47. The van der Waals surface area contributed by atoms with E-state index >= 15 is 0 Å². The van der Waals surface area contributed by atoms with Crippen molar-refractivity contribution >= 4 is 21.4 Å². The summed E-state index contributed by atoms with van der Waals surface area (Å²) in [5.41, 5.74) is 0. The molecule has 2 fully saturated rings. The molecule has 0 bridgehead atoms. The maximum Gasteiger partial charge on any atom is 0.244 e. The molecule has 1 aromatic rings. The van der Waals surface area contributed by atoms with Crippen LogP contribution in [0.5, 0.6) is 0 Å². The molecule has 2 heterocycles. The second-order valence-corrected chi connectivity index (χ2v) is 9.14. The average Bonchev–Trinajstić information content (AvgIpc) is 3.12. The number of hydrogen-bond donors (Lipinski definition) is 1. The summed E-state index contributed by atoms with van der Waals surface area (Å²) in [6, 6.07) is 2.57. The Bertz CT molecular complexity index is 583. The summed E-state index contributed by atoms with van der Waals surface area (Å²) in [5.74, 6) is 0. The molecule has 1 saturated heterocycles. The monoisotopic (exact) mass is 328 g/mol. The first-order valence-corrected chi connectivity index (χ1v) is 10.2. The van der Waals surface area contributed by atoms with Crippen LogP contribution in [0.15, 0.2) is 16.3 Å². The van der Waals surface area contributed by atoms with Crippen LogP contribution in [-0.4, -0.2) is 30.8 Å². The SMILES string of the molecule is CC1CCCC(C)N1S(=O)(=O)c1ccsc1CNC1CC1. The first kappa shape index (κ1) is 15.5. The lowest BCUT2D eigenvalue weighted by molar-refractivity contribution is 0.204.